The summed E-state index contributed by atoms with van der Waals surface area (Å²) in [5.41, 5.74) is 1.28. The highest BCUT2D eigenvalue weighted by molar-refractivity contribution is 6.99. The molecule has 6 nitrogen and oxygen atoms in total. The summed E-state index contributed by atoms with van der Waals surface area (Å²) >= 11 is 0.981. The number of benzene rings is 1. The number of carbonyl (C=O) groups excluding carboxylic acids is 1. The van der Waals surface area contributed by atoms with Gasteiger partial charge in [-0.3, -0.25) is 4.79 Å². The van der Waals surface area contributed by atoms with Gasteiger partial charge in [-0.25, -0.2) is 4.79 Å². The van der Waals surface area contributed by atoms with Gasteiger partial charge in [-0.15, -0.1) is 0 Å². The predicted molar refractivity (Wildman–Crippen MR) is 74.0 cm³/mol. The normalized spacial score (nSPS) is 10.2. The molecule has 0 aliphatic heterocycles. The van der Waals surface area contributed by atoms with Gasteiger partial charge in [0, 0.05) is 13.6 Å². The second kappa shape index (κ2) is 6.25. The number of aromatic nitrogens is 2. The number of carboxylic acid groups (broad SMARTS) is 1. The SMILES string of the molecule is CN(CCc1ccccc1C(=O)O)C(=O)c1cnsn1. The van der Waals surface area contributed by atoms with E-state index < -0.39 is 5.97 Å². The van der Waals surface area contributed by atoms with Crippen molar-refractivity contribution in [2.75, 3.05) is 13.6 Å². The molecule has 0 spiro atoms. The Morgan fingerprint density at radius 3 is 2.75 bits per heavy atom. The van der Waals surface area contributed by atoms with Gasteiger partial charge in [-0.2, -0.15) is 8.75 Å². The molecule has 0 aliphatic carbocycles. The molecule has 1 aromatic heterocycles. The highest BCUT2D eigenvalue weighted by Gasteiger charge is 2.15. The Labute approximate surface area is 120 Å². The number of nitrogens with zero attached hydrogens (tertiary/aromatic N) is 3. The van der Waals surface area contributed by atoms with E-state index in [1.807, 2.05) is 0 Å². The summed E-state index contributed by atoms with van der Waals surface area (Å²) in [6, 6.07) is 6.78. The summed E-state index contributed by atoms with van der Waals surface area (Å²) in [5.74, 6) is -1.18. The van der Waals surface area contributed by atoms with Crippen molar-refractivity contribution in [2.24, 2.45) is 0 Å². The van der Waals surface area contributed by atoms with Crippen molar-refractivity contribution < 1.29 is 14.7 Å². The Morgan fingerprint density at radius 1 is 1.35 bits per heavy atom. The summed E-state index contributed by atoms with van der Waals surface area (Å²) < 4.78 is 7.67. The Balaban J connectivity index is 2.02. The Hall–Kier alpha value is -2.28. The molecule has 1 heterocycles. The van der Waals surface area contributed by atoms with Crippen LogP contribution >= 0.6 is 11.7 Å². The summed E-state index contributed by atoms with van der Waals surface area (Å²) in [7, 11) is 1.66. The molecular weight excluding hydrogens is 278 g/mol. The number of carboxylic acids is 1. The summed E-state index contributed by atoms with van der Waals surface area (Å²) in [5, 5.41) is 9.09. The van der Waals surface area contributed by atoms with Crippen LogP contribution in [0.4, 0.5) is 0 Å². The Morgan fingerprint density at radius 2 is 2.10 bits per heavy atom. The Bertz CT molecular complexity index is 613. The quantitative estimate of drug-likeness (QED) is 0.903. The third-order valence-electron chi connectivity index (χ3n) is 2.89. The molecule has 0 bridgehead atoms. The number of hydrogen-bond acceptors (Lipinski definition) is 5. The van der Waals surface area contributed by atoms with Gasteiger partial charge in [-0.1, -0.05) is 18.2 Å². The van der Waals surface area contributed by atoms with Crippen LogP contribution in [0.5, 0.6) is 0 Å². The van der Waals surface area contributed by atoms with Gasteiger partial charge in [0.05, 0.1) is 23.5 Å². The molecule has 0 atom stereocenters. The fourth-order valence-electron chi connectivity index (χ4n) is 1.79. The van der Waals surface area contributed by atoms with Crippen molar-refractivity contribution in [1.29, 1.82) is 0 Å². The van der Waals surface area contributed by atoms with E-state index in [-0.39, 0.29) is 11.5 Å². The maximum Gasteiger partial charge on any atom is 0.335 e. The molecule has 20 heavy (non-hydrogen) atoms. The zero-order valence-electron chi connectivity index (χ0n) is 10.8. The third kappa shape index (κ3) is 3.18. The minimum absolute atomic E-state index is 0.216. The molecule has 2 rings (SSSR count). The van der Waals surface area contributed by atoms with Crippen molar-refractivity contribution >= 4 is 23.6 Å². The molecule has 0 unspecified atom stereocenters. The Kier molecular flexibility index (Phi) is 4.41. The van der Waals surface area contributed by atoms with Crippen molar-refractivity contribution in [2.45, 2.75) is 6.42 Å². The smallest absolute Gasteiger partial charge is 0.335 e. The number of likely N-dealkylation sites (N-methyl/N-ethyl adjacent to an activating group) is 1. The molecule has 1 N–H and O–H groups in total. The number of aromatic carboxylic acids is 1. The van der Waals surface area contributed by atoms with E-state index in [0.717, 1.165) is 11.7 Å². The number of carbonyl (C=O) groups is 2. The van der Waals surface area contributed by atoms with Gasteiger partial charge in [0.25, 0.3) is 5.91 Å². The van der Waals surface area contributed by atoms with Crippen LogP contribution < -0.4 is 0 Å². The highest BCUT2D eigenvalue weighted by atomic mass is 32.1. The number of rotatable bonds is 5. The van der Waals surface area contributed by atoms with Crippen LogP contribution in [0.3, 0.4) is 0 Å². The minimum atomic E-state index is -0.960. The average molecular weight is 291 g/mol. The van der Waals surface area contributed by atoms with Crippen molar-refractivity contribution in [3.63, 3.8) is 0 Å². The molecule has 0 fully saturated rings. The van der Waals surface area contributed by atoms with Gasteiger partial charge in [-0.05, 0) is 18.1 Å². The second-order valence-corrected chi connectivity index (χ2v) is 4.79. The van der Waals surface area contributed by atoms with Gasteiger partial charge in [0.15, 0.2) is 5.69 Å². The fourth-order valence-corrected chi connectivity index (χ4v) is 2.20. The lowest BCUT2D eigenvalue weighted by atomic mass is 10.0. The van der Waals surface area contributed by atoms with Crippen LogP contribution in [0.1, 0.15) is 26.4 Å². The van der Waals surface area contributed by atoms with E-state index in [2.05, 4.69) is 8.75 Å². The van der Waals surface area contributed by atoms with Gasteiger partial charge in [0.2, 0.25) is 0 Å². The number of amides is 1. The van der Waals surface area contributed by atoms with E-state index in [1.54, 1.807) is 31.3 Å². The van der Waals surface area contributed by atoms with Gasteiger partial charge in [0.1, 0.15) is 0 Å². The molecular formula is C13H13N3O3S. The van der Waals surface area contributed by atoms with Crippen LogP contribution in [-0.2, 0) is 6.42 Å². The van der Waals surface area contributed by atoms with E-state index in [4.69, 9.17) is 5.11 Å². The van der Waals surface area contributed by atoms with Crippen LogP contribution in [0.15, 0.2) is 30.5 Å². The fraction of sp³-hybridized carbons (Fsp3) is 0.231. The average Bonchev–Trinajstić information content (AvgIpc) is 2.98. The molecule has 0 aliphatic rings. The van der Waals surface area contributed by atoms with E-state index in [9.17, 15) is 9.59 Å². The van der Waals surface area contributed by atoms with Gasteiger partial charge >= 0.3 is 5.97 Å². The molecule has 1 aromatic carbocycles. The highest BCUT2D eigenvalue weighted by Crippen LogP contribution is 2.10. The molecule has 104 valence electrons. The van der Waals surface area contributed by atoms with E-state index >= 15 is 0 Å². The van der Waals surface area contributed by atoms with Crippen LogP contribution in [0, 0.1) is 0 Å². The maximum atomic E-state index is 12.0. The summed E-state index contributed by atoms with van der Waals surface area (Å²) in [6.45, 7) is 0.417. The molecule has 7 heteroatoms. The lowest BCUT2D eigenvalue weighted by Crippen LogP contribution is -2.29. The van der Waals surface area contributed by atoms with Crippen molar-refractivity contribution in [3.05, 3.63) is 47.3 Å². The molecule has 2 aromatic rings. The number of hydrogen-bond donors (Lipinski definition) is 1. The molecule has 1 amide bonds. The first-order valence-electron chi connectivity index (χ1n) is 5.94. The molecule has 0 saturated heterocycles. The monoisotopic (exact) mass is 291 g/mol. The zero-order chi connectivity index (χ0) is 14.5. The lowest BCUT2D eigenvalue weighted by Gasteiger charge is -2.16. The second-order valence-electron chi connectivity index (χ2n) is 4.23. The first kappa shape index (κ1) is 14.1. The summed E-state index contributed by atoms with van der Waals surface area (Å²) in [6.07, 6.45) is 1.90. The maximum absolute atomic E-state index is 12.0. The van der Waals surface area contributed by atoms with Crippen LogP contribution in [0.25, 0.3) is 0 Å². The molecule has 0 radical (unpaired) electrons. The first-order valence-corrected chi connectivity index (χ1v) is 6.67. The van der Waals surface area contributed by atoms with E-state index in [1.165, 1.54) is 11.1 Å². The van der Waals surface area contributed by atoms with Crippen LogP contribution in [-0.4, -0.2) is 44.2 Å². The van der Waals surface area contributed by atoms with Gasteiger partial charge < -0.3 is 10.0 Å². The van der Waals surface area contributed by atoms with Crippen molar-refractivity contribution in [3.8, 4) is 0 Å². The largest absolute Gasteiger partial charge is 0.478 e. The standard InChI is InChI=1S/C13H13N3O3S/c1-16(12(17)11-8-14-20-15-11)7-6-9-4-2-3-5-10(9)13(18)19/h2-5,8H,6-7H2,1H3,(H,18,19). The summed E-state index contributed by atoms with van der Waals surface area (Å²) in [4.78, 5) is 24.6. The minimum Gasteiger partial charge on any atom is -0.478 e. The van der Waals surface area contributed by atoms with E-state index in [0.29, 0.717) is 24.2 Å². The predicted octanol–water partition coefficient (Wildman–Crippen LogP) is 1.55. The first-order chi connectivity index (χ1) is 9.59. The molecule has 0 saturated carbocycles. The van der Waals surface area contributed by atoms with Crippen molar-refractivity contribution in [1.82, 2.24) is 13.6 Å². The lowest BCUT2D eigenvalue weighted by molar-refractivity contribution is 0.0695. The zero-order valence-corrected chi connectivity index (χ0v) is 11.6. The third-order valence-corrected chi connectivity index (χ3v) is 3.37. The van der Waals surface area contributed by atoms with Crippen LogP contribution in [0.2, 0.25) is 0 Å². The topological polar surface area (TPSA) is 83.4 Å².